The Labute approximate surface area is 226 Å². The number of carbonyl (C=O) groups excluding carboxylic acids is 6. The van der Waals surface area contributed by atoms with E-state index in [1.54, 1.807) is 0 Å². The van der Waals surface area contributed by atoms with Crippen LogP contribution in [0.3, 0.4) is 0 Å². The minimum Gasteiger partial charge on any atom is -0.355 e. The highest BCUT2D eigenvalue weighted by Gasteiger charge is 2.23. The van der Waals surface area contributed by atoms with Crippen LogP contribution in [0, 0.1) is 5.92 Å². The number of nitrogens with zero attached hydrogens (tertiary/aromatic N) is 5. The summed E-state index contributed by atoms with van der Waals surface area (Å²) in [6.07, 6.45) is 3.12. The molecule has 13 nitrogen and oxygen atoms in total. The van der Waals surface area contributed by atoms with E-state index in [1.165, 1.54) is 54.8 Å². The smallest absolute Gasteiger partial charge is 0.242 e. The van der Waals surface area contributed by atoms with Crippen LogP contribution >= 0.6 is 0 Å². The van der Waals surface area contributed by atoms with Gasteiger partial charge in [0, 0.05) is 54.7 Å². The Morgan fingerprint density at radius 1 is 0.605 bits per heavy atom. The number of nitrogens with two attached hydrogens (primary N) is 1. The van der Waals surface area contributed by atoms with Crippen LogP contribution in [0.2, 0.25) is 0 Å². The molecule has 0 aromatic rings. The number of carbonyl (C=O) groups is 6. The minimum atomic E-state index is -0.480. The van der Waals surface area contributed by atoms with Gasteiger partial charge >= 0.3 is 0 Å². The monoisotopic (exact) mass is 541 g/mol. The van der Waals surface area contributed by atoms with Gasteiger partial charge in [0.1, 0.15) is 0 Å². The Morgan fingerprint density at radius 3 is 1.34 bits per heavy atom. The maximum Gasteiger partial charge on any atom is 0.242 e. The third kappa shape index (κ3) is 14.5. The Morgan fingerprint density at radius 2 is 0.974 bits per heavy atom. The van der Waals surface area contributed by atoms with Gasteiger partial charge < -0.3 is 35.6 Å². The van der Waals surface area contributed by atoms with E-state index < -0.39 is 23.6 Å². The Kier molecular flexibility index (Phi) is 16.6. The predicted octanol–water partition coefficient (Wildman–Crippen LogP) is -1.43. The van der Waals surface area contributed by atoms with Gasteiger partial charge in [0.25, 0.3) is 0 Å². The number of hydrogen-bond donors (Lipinski definition) is 2. The van der Waals surface area contributed by atoms with Crippen molar-refractivity contribution < 1.29 is 28.8 Å². The maximum atomic E-state index is 12.5. The van der Waals surface area contributed by atoms with Crippen LogP contribution < -0.4 is 11.1 Å². The molecule has 6 amide bonds. The van der Waals surface area contributed by atoms with Crippen molar-refractivity contribution in [3.05, 3.63) is 0 Å². The Hall–Kier alpha value is -3.22. The molecule has 0 aliphatic carbocycles. The molecule has 0 aromatic carbocycles. The van der Waals surface area contributed by atoms with Crippen LogP contribution in [0.4, 0.5) is 0 Å². The highest BCUT2D eigenvalue weighted by Crippen LogP contribution is 2.05. The van der Waals surface area contributed by atoms with Crippen molar-refractivity contribution >= 4 is 35.4 Å². The molecular formula is C25H47N7O6. The van der Waals surface area contributed by atoms with Gasteiger partial charge in [0.15, 0.2) is 0 Å². The van der Waals surface area contributed by atoms with Crippen LogP contribution in [-0.2, 0) is 28.8 Å². The first-order valence-electron chi connectivity index (χ1n) is 12.9. The summed E-state index contributed by atoms with van der Waals surface area (Å²) in [6.45, 7) is 3.90. The first-order chi connectivity index (χ1) is 17.7. The summed E-state index contributed by atoms with van der Waals surface area (Å²) < 4.78 is 0. The molecule has 0 atom stereocenters. The first-order valence-corrected chi connectivity index (χ1v) is 12.9. The molecule has 0 fully saturated rings. The van der Waals surface area contributed by atoms with Crippen molar-refractivity contribution in [2.24, 2.45) is 11.7 Å². The van der Waals surface area contributed by atoms with Crippen LogP contribution in [0.1, 0.15) is 39.5 Å². The SMILES string of the molecule is CC(C)CCCCNC(=O)CN(C)C(=O)CN(C)C(=O)CN(C)C(=O)CN(C)C(=O)CN(C)C(=O)CCN. The lowest BCUT2D eigenvalue weighted by Gasteiger charge is -2.26. The second-order valence-electron chi connectivity index (χ2n) is 10.0. The number of hydrogen-bond acceptors (Lipinski definition) is 7. The predicted molar refractivity (Wildman–Crippen MR) is 144 cm³/mol. The number of rotatable bonds is 17. The molecule has 0 unspecified atom stereocenters. The standard InChI is InChI=1S/C25H47N7O6/c1-19(2)10-8-9-13-27-20(33)14-28(3)22(35)16-30(5)24(37)18-32(7)25(38)17-31(6)23(36)15-29(4)21(34)11-12-26/h19H,8-18,26H2,1-7H3,(H,27,33). The molecule has 13 heteroatoms. The summed E-state index contributed by atoms with van der Waals surface area (Å²) in [6, 6.07) is 0. The molecule has 0 aliphatic rings. The number of amides is 6. The topological polar surface area (TPSA) is 157 Å². The van der Waals surface area contributed by atoms with Gasteiger partial charge in [-0.25, -0.2) is 0 Å². The van der Waals surface area contributed by atoms with Crippen LogP contribution in [0.15, 0.2) is 0 Å². The van der Waals surface area contributed by atoms with E-state index >= 15 is 0 Å². The lowest BCUT2D eigenvalue weighted by atomic mass is 10.1. The molecule has 0 saturated carbocycles. The number of unbranched alkanes of at least 4 members (excludes halogenated alkanes) is 1. The van der Waals surface area contributed by atoms with Crippen molar-refractivity contribution in [3.63, 3.8) is 0 Å². The molecule has 0 bridgehead atoms. The summed E-state index contributed by atoms with van der Waals surface area (Å²) in [5, 5.41) is 2.79. The summed E-state index contributed by atoms with van der Waals surface area (Å²) in [5.41, 5.74) is 5.35. The highest BCUT2D eigenvalue weighted by molar-refractivity contribution is 5.91. The van der Waals surface area contributed by atoms with Gasteiger partial charge in [-0.15, -0.1) is 0 Å². The van der Waals surface area contributed by atoms with Crippen molar-refractivity contribution in [2.45, 2.75) is 39.5 Å². The normalized spacial score (nSPS) is 10.6. The van der Waals surface area contributed by atoms with E-state index in [-0.39, 0.29) is 57.5 Å². The van der Waals surface area contributed by atoms with E-state index in [0.29, 0.717) is 12.5 Å². The van der Waals surface area contributed by atoms with Gasteiger partial charge in [0.05, 0.1) is 32.7 Å². The summed E-state index contributed by atoms with van der Waals surface area (Å²) >= 11 is 0. The Balaban J connectivity index is 4.51. The molecule has 0 aromatic heterocycles. The van der Waals surface area contributed by atoms with E-state index in [9.17, 15) is 28.8 Å². The van der Waals surface area contributed by atoms with Crippen molar-refractivity contribution in [1.29, 1.82) is 0 Å². The molecule has 0 radical (unpaired) electrons. The average Bonchev–Trinajstić information content (AvgIpc) is 2.83. The number of likely N-dealkylation sites (N-methyl/N-ethyl adjacent to an activating group) is 5. The largest absolute Gasteiger partial charge is 0.355 e. The van der Waals surface area contributed by atoms with E-state index in [0.717, 1.165) is 24.2 Å². The maximum absolute atomic E-state index is 12.5. The molecule has 0 rings (SSSR count). The van der Waals surface area contributed by atoms with Gasteiger partial charge in [-0.05, 0) is 12.3 Å². The summed E-state index contributed by atoms with van der Waals surface area (Å²) in [7, 11) is 7.25. The van der Waals surface area contributed by atoms with Gasteiger partial charge in [0.2, 0.25) is 35.4 Å². The molecule has 0 aliphatic heterocycles. The van der Waals surface area contributed by atoms with E-state index in [1.807, 2.05) is 0 Å². The first kappa shape index (κ1) is 34.8. The second-order valence-corrected chi connectivity index (χ2v) is 10.0. The molecular weight excluding hydrogens is 494 g/mol. The molecule has 0 saturated heterocycles. The summed E-state index contributed by atoms with van der Waals surface area (Å²) in [5.74, 6) is -1.72. The third-order valence-corrected chi connectivity index (χ3v) is 5.89. The van der Waals surface area contributed by atoms with E-state index in [2.05, 4.69) is 19.2 Å². The molecule has 0 spiro atoms. The third-order valence-electron chi connectivity index (χ3n) is 5.89. The number of nitrogens with one attached hydrogen (secondary N) is 1. The fourth-order valence-electron chi connectivity index (χ4n) is 3.23. The fraction of sp³-hybridized carbons (Fsp3) is 0.760. The van der Waals surface area contributed by atoms with Gasteiger partial charge in [-0.3, -0.25) is 28.8 Å². The van der Waals surface area contributed by atoms with E-state index in [4.69, 9.17) is 5.73 Å². The second kappa shape index (κ2) is 18.1. The highest BCUT2D eigenvalue weighted by atomic mass is 16.2. The zero-order valence-electron chi connectivity index (χ0n) is 24.1. The van der Waals surface area contributed by atoms with Crippen LogP contribution in [-0.4, -0.2) is 141 Å². The van der Waals surface area contributed by atoms with Gasteiger partial charge in [-0.2, -0.15) is 0 Å². The van der Waals surface area contributed by atoms with Gasteiger partial charge in [-0.1, -0.05) is 26.7 Å². The van der Waals surface area contributed by atoms with Crippen LogP contribution in [0.5, 0.6) is 0 Å². The lowest BCUT2D eigenvalue weighted by Crippen LogP contribution is -2.48. The van der Waals surface area contributed by atoms with Crippen LogP contribution in [0.25, 0.3) is 0 Å². The molecule has 218 valence electrons. The Bertz CT molecular complexity index is 820. The van der Waals surface area contributed by atoms with Crippen molar-refractivity contribution in [2.75, 3.05) is 81.1 Å². The zero-order chi connectivity index (χ0) is 29.4. The summed E-state index contributed by atoms with van der Waals surface area (Å²) in [4.78, 5) is 79.6. The average molecular weight is 542 g/mol. The van der Waals surface area contributed by atoms with Crippen molar-refractivity contribution in [1.82, 2.24) is 29.8 Å². The zero-order valence-corrected chi connectivity index (χ0v) is 24.1. The lowest BCUT2D eigenvalue weighted by molar-refractivity contribution is -0.145. The van der Waals surface area contributed by atoms with Crippen molar-refractivity contribution in [3.8, 4) is 0 Å². The molecule has 38 heavy (non-hydrogen) atoms. The minimum absolute atomic E-state index is 0.114. The quantitative estimate of drug-likeness (QED) is 0.214. The molecule has 3 N–H and O–H groups in total. The fourth-order valence-corrected chi connectivity index (χ4v) is 3.23. The molecule has 0 heterocycles.